The van der Waals surface area contributed by atoms with Crippen LogP contribution in [-0.4, -0.2) is 9.67 Å². The molecule has 1 atom stereocenters. The fourth-order valence-corrected chi connectivity index (χ4v) is 2.39. The largest absolute Gasteiger partial charge is 0.389 e. The van der Waals surface area contributed by atoms with Gasteiger partial charge in [-0.3, -0.25) is 0 Å². The highest BCUT2D eigenvalue weighted by atomic mass is 16.3. The molecule has 1 unspecified atom stereocenters. The Labute approximate surface area is 96.5 Å². The van der Waals surface area contributed by atoms with Gasteiger partial charge in [0.25, 0.3) is 0 Å². The summed E-state index contributed by atoms with van der Waals surface area (Å²) >= 11 is 0. The van der Waals surface area contributed by atoms with Gasteiger partial charge >= 0.3 is 0 Å². The number of aliphatic hydroxyl groups excluding tert-OH is 1. The molecule has 2 rings (SSSR count). The van der Waals surface area contributed by atoms with E-state index >= 15 is 0 Å². The highest BCUT2D eigenvalue weighted by Crippen LogP contribution is 2.31. The lowest BCUT2D eigenvalue weighted by Gasteiger charge is -2.07. The lowest BCUT2D eigenvalue weighted by atomic mass is 10.0. The molecule has 0 spiro atoms. The quantitative estimate of drug-likeness (QED) is 0.820. The van der Waals surface area contributed by atoms with Gasteiger partial charge in [0.1, 0.15) is 0 Å². The molecule has 0 radical (unpaired) electrons. The number of rotatable bonds is 2. The summed E-state index contributed by atoms with van der Waals surface area (Å²) in [5.41, 5.74) is 4.81. The first-order chi connectivity index (χ1) is 7.56. The van der Waals surface area contributed by atoms with E-state index in [0.717, 1.165) is 12.1 Å². The molecule has 0 fully saturated rings. The second-order valence-corrected chi connectivity index (χ2v) is 4.47. The predicted molar refractivity (Wildman–Crippen MR) is 67.7 cm³/mol. The van der Waals surface area contributed by atoms with Crippen LogP contribution < -0.4 is 0 Å². The Kier molecular flexibility index (Phi) is 2.76. The number of aliphatic hydroxyl groups is 1. The molecule has 2 aromatic rings. The Morgan fingerprint density at radius 3 is 2.44 bits per heavy atom. The summed E-state index contributed by atoms with van der Waals surface area (Å²) in [5.74, 6) is 0. The molecule has 86 valence electrons. The first kappa shape index (κ1) is 11.2. The van der Waals surface area contributed by atoms with E-state index in [1.807, 2.05) is 6.92 Å². The molecule has 2 heteroatoms. The van der Waals surface area contributed by atoms with E-state index in [1.54, 1.807) is 0 Å². The van der Waals surface area contributed by atoms with Crippen molar-refractivity contribution in [2.75, 3.05) is 0 Å². The van der Waals surface area contributed by atoms with Crippen molar-refractivity contribution in [2.45, 2.75) is 40.3 Å². The van der Waals surface area contributed by atoms with Crippen molar-refractivity contribution < 1.29 is 5.11 Å². The van der Waals surface area contributed by atoms with Crippen LogP contribution in [0.2, 0.25) is 0 Å². The molecule has 1 aromatic heterocycles. The van der Waals surface area contributed by atoms with Crippen LogP contribution in [0.25, 0.3) is 10.9 Å². The zero-order valence-electron chi connectivity index (χ0n) is 10.4. The Balaban J connectivity index is 2.89. The third kappa shape index (κ3) is 1.54. The van der Waals surface area contributed by atoms with Crippen LogP contribution in [0.15, 0.2) is 18.3 Å². The van der Waals surface area contributed by atoms with Crippen molar-refractivity contribution in [3.05, 3.63) is 35.0 Å². The summed E-state index contributed by atoms with van der Waals surface area (Å²) in [6, 6.07) is 4.28. The van der Waals surface area contributed by atoms with Crippen LogP contribution in [0.1, 0.15) is 36.6 Å². The zero-order valence-corrected chi connectivity index (χ0v) is 10.4. The summed E-state index contributed by atoms with van der Waals surface area (Å²) in [6.07, 6.45) is 1.67. The van der Waals surface area contributed by atoms with E-state index < -0.39 is 6.10 Å². The summed E-state index contributed by atoms with van der Waals surface area (Å²) in [6.45, 7) is 9.13. The highest BCUT2D eigenvalue weighted by molar-refractivity contribution is 5.90. The minimum Gasteiger partial charge on any atom is -0.389 e. The number of nitrogens with zero attached hydrogens (tertiary/aromatic N) is 1. The Bertz CT molecular complexity index is 523. The van der Waals surface area contributed by atoms with Crippen LogP contribution >= 0.6 is 0 Å². The van der Waals surface area contributed by atoms with Crippen LogP contribution in [0.4, 0.5) is 0 Å². The maximum Gasteiger partial charge on any atom is 0.0782 e. The van der Waals surface area contributed by atoms with Gasteiger partial charge in [0.2, 0.25) is 0 Å². The van der Waals surface area contributed by atoms with Crippen LogP contribution in [0.3, 0.4) is 0 Å². The Morgan fingerprint density at radius 1 is 1.25 bits per heavy atom. The molecule has 0 aliphatic heterocycles. The number of fused-ring (bicyclic) bond motifs is 1. The number of aryl methyl sites for hydroxylation is 3. The summed E-state index contributed by atoms with van der Waals surface area (Å²) in [7, 11) is 0. The van der Waals surface area contributed by atoms with Crippen molar-refractivity contribution in [1.82, 2.24) is 4.57 Å². The van der Waals surface area contributed by atoms with E-state index in [0.29, 0.717) is 0 Å². The Hall–Kier alpha value is -1.28. The molecule has 0 amide bonds. The van der Waals surface area contributed by atoms with Gasteiger partial charge in [-0.15, -0.1) is 0 Å². The van der Waals surface area contributed by atoms with Gasteiger partial charge in [-0.1, -0.05) is 12.1 Å². The highest BCUT2D eigenvalue weighted by Gasteiger charge is 2.14. The summed E-state index contributed by atoms with van der Waals surface area (Å²) in [5, 5.41) is 11.1. The minimum absolute atomic E-state index is 0.407. The van der Waals surface area contributed by atoms with Gasteiger partial charge in [-0.05, 0) is 38.8 Å². The third-order valence-corrected chi connectivity index (χ3v) is 3.25. The summed E-state index contributed by atoms with van der Waals surface area (Å²) < 4.78 is 2.22. The maximum atomic E-state index is 9.83. The fourth-order valence-electron chi connectivity index (χ4n) is 2.39. The first-order valence-electron chi connectivity index (χ1n) is 5.83. The molecular weight excluding hydrogens is 198 g/mol. The van der Waals surface area contributed by atoms with Crippen molar-refractivity contribution in [2.24, 2.45) is 0 Å². The standard InChI is InChI=1S/C14H19NO/c1-5-15-8-12(11(4)16)13-9(2)6-7-10(3)14(13)15/h6-8,11,16H,5H2,1-4H3. The predicted octanol–water partition coefficient (Wildman–Crippen LogP) is 3.33. The smallest absolute Gasteiger partial charge is 0.0782 e. The molecule has 16 heavy (non-hydrogen) atoms. The minimum atomic E-state index is -0.407. The molecule has 1 N–H and O–H groups in total. The van der Waals surface area contributed by atoms with Gasteiger partial charge in [-0.2, -0.15) is 0 Å². The maximum absolute atomic E-state index is 9.83. The van der Waals surface area contributed by atoms with E-state index in [9.17, 15) is 5.11 Å². The lowest BCUT2D eigenvalue weighted by Crippen LogP contribution is -1.93. The molecule has 2 nitrogen and oxygen atoms in total. The molecule has 0 saturated carbocycles. The molecule has 0 bridgehead atoms. The molecule has 0 aliphatic carbocycles. The lowest BCUT2D eigenvalue weighted by molar-refractivity contribution is 0.200. The van der Waals surface area contributed by atoms with Crippen molar-refractivity contribution in [3.8, 4) is 0 Å². The molecular formula is C14H19NO. The van der Waals surface area contributed by atoms with Crippen molar-refractivity contribution in [3.63, 3.8) is 0 Å². The van der Waals surface area contributed by atoms with Gasteiger partial charge in [0.05, 0.1) is 11.6 Å². The van der Waals surface area contributed by atoms with Gasteiger partial charge in [0, 0.05) is 23.7 Å². The van der Waals surface area contributed by atoms with E-state index in [-0.39, 0.29) is 0 Å². The summed E-state index contributed by atoms with van der Waals surface area (Å²) in [4.78, 5) is 0. The van der Waals surface area contributed by atoms with Gasteiger partial charge in [0.15, 0.2) is 0 Å². The average Bonchev–Trinajstić information content (AvgIpc) is 2.64. The van der Waals surface area contributed by atoms with E-state index in [1.165, 1.54) is 22.0 Å². The first-order valence-corrected chi connectivity index (χ1v) is 5.83. The molecule has 1 heterocycles. The van der Waals surface area contributed by atoms with Gasteiger partial charge in [-0.25, -0.2) is 0 Å². The zero-order chi connectivity index (χ0) is 11.9. The molecule has 1 aromatic carbocycles. The average molecular weight is 217 g/mol. The second-order valence-electron chi connectivity index (χ2n) is 4.47. The molecule has 0 aliphatic rings. The number of hydrogen-bond donors (Lipinski definition) is 1. The normalized spacial score (nSPS) is 13.3. The van der Waals surface area contributed by atoms with E-state index in [2.05, 4.69) is 43.7 Å². The van der Waals surface area contributed by atoms with Crippen LogP contribution in [0.5, 0.6) is 0 Å². The van der Waals surface area contributed by atoms with Crippen LogP contribution in [0, 0.1) is 13.8 Å². The fraction of sp³-hybridized carbons (Fsp3) is 0.429. The monoisotopic (exact) mass is 217 g/mol. The van der Waals surface area contributed by atoms with E-state index in [4.69, 9.17) is 0 Å². The number of aromatic nitrogens is 1. The van der Waals surface area contributed by atoms with Crippen LogP contribution in [-0.2, 0) is 6.54 Å². The van der Waals surface area contributed by atoms with Crippen molar-refractivity contribution >= 4 is 10.9 Å². The topological polar surface area (TPSA) is 25.2 Å². The second kappa shape index (κ2) is 3.95. The molecule has 0 saturated heterocycles. The number of hydrogen-bond acceptors (Lipinski definition) is 1. The Morgan fingerprint density at radius 2 is 1.88 bits per heavy atom. The SMILES string of the molecule is CCn1cc(C(C)O)c2c(C)ccc(C)c21. The van der Waals surface area contributed by atoms with Gasteiger partial charge < -0.3 is 9.67 Å². The van der Waals surface area contributed by atoms with Crippen molar-refractivity contribution in [1.29, 1.82) is 0 Å². The number of benzene rings is 1. The third-order valence-electron chi connectivity index (χ3n) is 3.25.